The fourth-order valence-corrected chi connectivity index (χ4v) is 1.59. The summed E-state index contributed by atoms with van der Waals surface area (Å²) in [5, 5.41) is 2.67. The Morgan fingerprint density at radius 2 is 2.10 bits per heavy atom. The van der Waals surface area contributed by atoms with Gasteiger partial charge in [-0.05, 0) is 23.8 Å². The van der Waals surface area contributed by atoms with E-state index in [2.05, 4.69) is 15.3 Å². The minimum Gasteiger partial charge on any atom is -0.363 e. The molecule has 0 aliphatic rings. The van der Waals surface area contributed by atoms with Crippen molar-refractivity contribution in [1.82, 2.24) is 15.3 Å². The predicted molar refractivity (Wildman–Crippen MR) is 73.9 cm³/mol. The van der Waals surface area contributed by atoms with Crippen LogP contribution in [0.15, 0.2) is 36.5 Å². The van der Waals surface area contributed by atoms with E-state index in [-0.39, 0.29) is 5.69 Å². The molecule has 0 atom stereocenters. The Morgan fingerprint density at radius 1 is 1.30 bits per heavy atom. The third-order valence-corrected chi connectivity index (χ3v) is 2.67. The fraction of sp³-hybridized carbons (Fsp3) is 0.214. The normalized spacial score (nSPS) is 10.2. The molecule has 0 unspecified atom stereocenters. The lowest BCUT2D eigenvalue weighted by molar-refractivity contribution is 0.0944. The molecular weight excluding hydrogens is 259 g/mol. The molecule has 0 bridgehead atoms. The molecule has 1 amide bonds. The van der Waals surface area contributed by atoms with E-state index in [4.69, 9.17) is 0 Å². The molecule has 0 fully saturated rings. The number of nitrogens with one attached hydrogen (secondary N) is 1. The van der Waals surface area contributed by atoms with Gasteiger partial charge in [0.05, 0.1) is 0 Å². The van der Waals surface area contributed by atoms with Gasteiger partial charge in [0.2, 0.25) is 5.95 Å². The van der Waals surface area contributed by atoms with Crippen LogP contribution in [-0.2, 0) is 6.54 Å². The van der Waals surface area contributed by atoms with Crippen LogP contribution in [0.5, 0.6) is 0 Å². The number of carbonyl (C=O) groups is 1. The van der Waals surface area contributed by atoms with E-state index in [1.165, 1.54) is 18.2 Å². The van der Waals surface area contributed by atoms with Gasteiger partial charge in [0.1, 0.15) is 11.5 Å². The molecule has 0 saturated heterocycles. The van der Waals surface area contributed by atoms with Crippen LogP contribution in [0.2, 0.25) is 0 Å². The van der Waals surface area contributed by atoms with Crippen molar-refractivity contribution in [3.05, 3.63) is 53.7 Å². The summed E-state index contributed by atoms with van der Waals surface area (Å²) in [6, 6.07) is 7.85. The van der Waals surface area contributed by atoms with Gasteiger partial charge in [-0.3, -0.25) is 4.79 Å². The van der Waals surface area contributed by atoms with Crippen molar-refractivity contribution in [2.24, 2.45) is 0 Å². The first-order chi connectivity index (χ1) is 9.56. The summed E-state index contributed by atoms with van der Waals surface area (Å²) in [6.45, 7) is 0.317. The molecule has 2 heterocycles. The second-order valence-electron chi connectivity index (χ2n) is 4.45. The minimum atomic E-state index is -0.672. The van der Waals surface area contributed by atoms with Crippen LogP contribution in [0, 0.1) is 5.95 Å². The first-order valence-corrected chi connectivity index (χ1v) is 6.09. The Morgan fingerprint density at radius 3 is 2.70 bits per heavy atom. The van der Waals surface area contributed by atoms with Gasteiger partial charge in [-0.25, -0.2) is 9.97 Å². The van der Waals surface area contributed by atoms with Crippen molar-refractivity contribution in [3.8, 4) is 0 Å². The Labute approximate surface area is 116 Å². The third-order valence-electron chi connectivity index (χ3n) is 2.67. The van der Waals surface area contributed by atoms with Crippen LogP contribution in [-0.4, -0.2) is 30.0 Å². The van der Waals surface area contributed by atoms with Crippen LogP contribution < -0.4 is 10.2 Å². The minimum absolute atomic E-state index is 0.0582. The summed E-state index contributed by atoms with van der Waals surface area (Å²) in [7, 11) is 3.80. The maximum atomic E-state index is 12.9. The number of hydrogen-bond acceptors (Lipinski definition) is 4. The first-order valence-electron chi connectivity index (χ1n) is 6.09. The van der Waals surface area contributed by atoms with Crippen molar-refractivity contribution < 1.29 is 9.18 Å². The molecule has 2 aromatic heterocycles. The summed E-state index contributed by atoms with van der Waals surface area (Å²) in [5.74, 6) is -0.247. The average molecular weight is 274 g/mol. The highest BCUT2D eigenvalue weighted by Crippen LogP contribution is 2.07. The Hall–Kier alpha value is -2.50. The molecule has 0 spiro atoms. The molecular formula is C14H15FN4O. The molecule has 0 radical (unpaired) electrons. The second kappa shape index (κ2) is 6.10. The van der Waals surface area contributed by atoms with E-state index in [9.17, 15) is 9.18 Å². The topological polar surface area (TPSA) is 58.1 Å². The maximum absolute atomic E-state index is 12.9. The maximum Gasteiger partial charge on any atom is 0.270 e. The first kappa shape index (κ1) is 13.9. The fourth-order valence-electron chi connectivity index (χ4n) is 1.59. The highest BCUT2D eigenvalue weighted by atomic mass is 19.1. The van der Waals surface area contributed by atoms with Crippen molar-refractivity contribution in [3.63, 3.8) is 0 Å². The molecule has 2 aromatic rings. The summed E-state index contributed by atoms with van der Waals surface area (Å²) < 4.78 is 12.9. The van der Waals surface area contributed by atoms with Gasteiger partial charge in [-0.1, -0.05) is 12.1 Å². The SMILES string of the molecule is CN(C)c1ccc(CNC(=O)c2cccc(F)n2)cn1. The Kier molecular flexibility index (Phi) is 4.24. The average Bonchev–Trinajstić information content (AvgIpc) is 2.45. The van der Waals surface area contributed by atoms with Crippen LogP contribution in [0.4, 0.5) is 10.2 Å². The van der Waals surface area contributed by atoms with Crippen LogP contribution in [0.25, 0.3) is 0 Å². The number of carbonyl (C=O) groups excluding carboxylic acids is 1. The molecule has 0 aliphatic heterocycles. The van der Waals surface area contributed by atoms with E-state index < -0.39 is 11.9 Å². The third kappa shape index (κ3) is 3.50. The molecule has 0 saturated carbocycles. The lowest BCUT2D eigenvalue weighted by atomic mass is 10.2. The van der Waals surface area contributed by atoms with Gasteiger partial charge in [-0.2, -0.15) is 4.39 Å². The monoisotopic (exact) mass is 274 g/mol. The summed E-state index contributed by atoms with van der Waals surface area (Å²) in [5.41, 5.74) is 0.920. The summed E-state index contributed by atoms with van der Waals surface area (Å²) >= 11 is 0. The smallest absolute Gasteiger partial charge is 0.270 e. The number of nitrogens with zero attached hydrogens (tertiary/aromatic N) is 3. The second-order valence-corrected chi connectivity index (χ2v) is 4.45. The standard InChI is InChI=1S/C14H15FN4O/c1-19(2)13-7-6-10(8-16-13)9-17-14(20)11-4-3-5-12(15)18-11/h3-8H,9H2,1-2H3,(H,17,20). The van der Waals surface area contributed by atoms with Crippen molar-refractivity contribution in [2.45, 2.75) is 6.54 Å². The zero-order valence-corrected chi connectivity index (χ0v) is 11.3. The van der Waals surface area contributed by atoms with E-state index >= 15 is 0 Å². The number of halogens is 1. The molecule has 0 aliphatic carbocycles. The van der Waals surface area contributed by atoms with Gasteiger partial charge < -0.3 is 10.2 Å². The van der Waals surface area contributed by atoms with E-state index in [0.717, 1.165) is 11.4 Å². The molecule has 20 heavy (non-hydrogen) atoms. The molecule has 104 valence electrons. The molecule has 5 nitrogen and oxygen atoms in total. The molecule has 1 N–H and O–H groups in total. The van der Waals surface area contributed by atoms with Gasteiger partial charge >= 0.3 is 0 Å². The van der Waals surface area contributed by atoms with E-state index in [1.54, 1.807) is 6.20 Å². The van der Waals surface area contributed by atoms with Gasteiger partial charge in [0.15, 0.2) is 0 Å². The molecule has 2 rings (SSSR count). The summed E-state index contributed by atoms with van der Waals surface area (Å²) in [4.78, 5) is 21.4. The lowest BCUT2D eigenvalue weighted by Gasteiger charge is -2.11. The number of rotatable bonds is 4. The van der Waals surface area contributed by atoms with Crippen molar-refractivity contribution in [2.75, 3.05) is 19.0 Å². The lowest BCUT2D eigenvalue weighted by Crippen LogP contribution is -2.24. The Balaban J connectivity index is 1.96. The van der Waals surface area contributed by atoms with Gasteiger partial charge in [0, 0.05) is 26.8 Å². The quantitative estimate of drug-likeness (QED) is 0.861. The van der Waals surface area contributed by atoms with Crippen LogP contribution in [0.1, 0.15) is 16.1 Å². The van der Waals surface area contributed by atoms with E-state index in [1.807, 2.05) is 31.1 Å². The van der Waals surface area contributed by atoms with Gasteiger partial charge in [0.25, 0.3) is 5.91 Å². The highest BCUT2D eigenvalue weighted by Gasteiger charge is 2.07. The van der Waals surface area contributed by atoms with E-state index in [0.29, 0.717) is 6.54 Å². The number of hydrogen-bond donors (Lipinski definition) is 1. The largest absolute Gasteiger partial charge is 0.363 e. The van der Waals surface area contributed by atoms with Crippen molar-refractivity contribution in [1.29, 1.82) is 0 Å². The number of pyridine rings is 2. The van der Waals surface area contributed by atoms with Gasteiger partial charge in [-0.15, -0.1) is 0 Å². The Bertz CT molecular complexity index is 598. The highest BCUT2D eigenvalue weighted by molar-refractivity contribution is 5.92. The summed E-state index contributed by atoms with van der Waals surface area (Å²) in [6.07, 6.45) is 1.69. The van der Waals surface area contributed by atoms with Crippen molar-refractivity contribution >= 4 is 11.7 Å². The van der Waals surface area contributed by atoms with Crippen LogP contribution >= 0.6 is 0 Å². The zero-order valence-electron chi connectivity index (χ0n) is 11.3. The number of aromatic nitrogens is 2. The van der Waals surface area contributed by atoms with Crippen LogP contribution in [0.3, 0.4) is 0 Å². The zero-order chi connectivity index (χ0) is 14.5. The molecule has 6 heteroatoms. The number of anilines is 1. The number of amides is 1. The molecule has 0 aromatic carbocycles. The predicted octanol–water partition coefficient (Wildman–Crippen LogP) is 1.61.